The van der Waals surface area contributed by atoms with Crippen LogP contribution in [0, 0.1) is 18.3 Å². The Morgan fingerprint density at radius 1 is 1.41 bits per heavy atom. The molecule has 1 amide bonds. The van der Waals surface area contributed by atoms with Gasteiger partial charge in [-0.05, 0) is 18.8 Å². The zero-order valence-electron chi connectivity index (χ0n) is 15.6. The maximum atomic E-state index is 12.0. The average molecular weight is 376 g/mol. The van der Waals surface area contributed by atoms with Crippen molar-refractivity contribution in [1.29, 1.82) is 0 Å². The van der Waals surface area contributed by atoms with Gasteiger partial charge >= 0.3 is 0 Å². The lowest BCUT2D eigenvalue weighted by Gasteiger charge is -2.34. The molecule has 1 saturated carbocycles. The molecule has 2 heterocycles. The topological polar surface area (TPSA) is 91.1 Å². The highest BCUT2D eigenvalue weighted by Gasteiger charge is 2.24. The number of aliphatic hydroxyl groups is 1. The Morgan fingerprint density at radius 2 is 2.15 bits per heavy atom. The van der Waals surface area contributed by atoms with Crippen LogP contribution in [0.5, 0.6) is 0 Å². The van der Waals surface area contributed by atoms with Gasteiger partial charge in [-0.1, -0.05) is 5.92 Å². The van der Waals surface area contributed by atoms with E-state index in [9.17, 15) is 9.90 Å². The van der Waals surface area contributed by atoms with Gasteiger partial charge in [0.2, 0.25) is 5.89 Å². The molecule has 0 bridgehead atoms. The van der Waals surface area contributed by atoms with E-state index in [0.29, 0.717) is 30.6 Å². The van der Waals surface area contributed by atoms with E-state index in [2.05, 4.69) is 26.0 Å². The molecule has 3 rings (SSSR count). The minimum atomic E-state index is -0.534. The van der Waals surface area contributed by atoms with Gasteiger partial charge in [0.1, 0.15) is 12.9 Å². The molecule has 1 saturated heterocycles. The number of aliphatic hydroxyl groups excluding tert-OH is 1. The zero-order valence-corrected chi connectivity index (χ0v) is 15.6. The Morgan fingerprint density at radius 3 is 2.85 bits per heavy atom. The second kappa shape index (κ2) is 9.85. The van der Waals surface area contributed by atoms with Gasteiger partial charge < -0.3 is 19.6 Å². The fraction of sp³-hybridized carbons (Fsp3) is 0.684. The van der Waals surface area contributed by atoms with Crippen molar-refractivity contribution in [2.24, 2.45) is 5.92 Å². The number of ether oxygens (including phenoxy) is 1. The van der Waals surface area contributed by atoms with Crippen molar-refractivity contribution in [3.63, 3.8) is 0 Å². The van der Waals surface area contributed by atoms with Gasteiger partial charge in [0, 0.05) is 39.3 Å². The molecule has 148 valence electrons. The number of piperazine rings is 1. The molecule has 8 nitrogen and oxygen atoms in total. The molecular weight excluding hydrogens is 348 g/mol. The van der Waals surface area contributed by atoms with Crippen LogP contribution in [-0.2, 0) is 11.3 Å². The molecular formula is C19H28N4O4. The maximum absolute atomic E-state index is 12.0. The van der Waals surface area contributed by atoms with Crippen molar-refractivity contribution in [2.75, 3.05) is 52.5 Å². The fourth-order valence-corrected chi connectivity index (χ4v) is 3.06. The van der Waals surface area contributed by atoms with Crippen LogP contribution in [0.1, 0.15) is 29.2 Å². The molecule has 1 aromatic rings. The Bertz CT molecular complexity index is 644. The number of terminal acetylenes is 1. The average Bonchev–Trinajstić information content (AvgIpc) is 3.38. The molecule has 0 spiro atoms. The van der Waals surface area contributed by atoms with E-state index in [1.165, 1.54) is 19.1 Å². The maximum Gasteiger partial charge on any atom is 0.273 e. The Labute approximate surface area is 159 Å². The second-order valence-corrected chi connectivity index (χ2v) is 7.23. The second-order valence-electron chi connectivity index (χ2n) is 7.23. The molecule has 1 aromatic heterocycles. The van der Waals surface area contributed by atoms with E-state index in [4.69, 9.17) is 15.6 Å². The predicted molar refractivity (Wildman–Crippen MR) is 98.9 cm³/mol. The van der Waals surface area contributed by atoms with Crippen LogP contribution in [0.3, 0.4) is 0 Å². The number of amides is 1. The van der Waals surface area contributed by atoms with Crippen molar-refractivity contribution in [3.8, 4) is 12.3 Å². The summed E-state index contributed by atoms with van der Waals surface area (Å²) in [5, 5.41) is 12.8. The van der Waals surface area contributed by atoms with Crippen molar-refractivity contribution in [2.45, 2.75) is 25.5 Å². The van der Waals surface area contributed by atoms with Gasteiger partial charge in [0.05, 0.1) is 19.3 Å². The summed E-state index contributed by atoms with van der Waals surface area (Å²) in [6, 6.07) is 0. The molecule has 0 aromatic carbocycles. The summed E-state index contributed by atoms with van der Waals surface area (Å²) in [5.41, 5.74) is 0.347. The van der Waals surface area contributed by atoms with E-state index in [1.54, 1.807) is 0 Å². The molecule has 1 unspecified atom stereocenters. The summed E-state index contributed by atoms with van der Waals surface area (Å²) in [6.07, 6.45) is 8.41. The standard InChI is InChI=1S/C19H28N4O4/c1-2-9-26-13-16(24)11-22-5-7-23(8-6-22)12-18-21-17(14-27-18)19(25)20-10-15-3-4-15/h1,14-16,24H,3-13H2,(H,20,25). The molecule has 1 atom stereocenters. The van der Waals surface area contributed by atoms with Gasteiger partial charge in [-0.15, -0.1) is 6.42 Å². The lowest BCUT2D eigenvalue weighted by molar-refractivity contribution is 0.0146. The molecule has 8 heteroatoms. The van der Waals surface area contributed by atoms with Gasteiger partial charge in [-0.2, -0.15) is 0 Å². The van der Waals surface area contributed by atoms with Crippen LogP contribution in [0.15, 0.2) is 10.7 Å². The lowest BCUT2D eigenvalue weighted by atomic mass is 10.2. The predicted octanol–water partition coefficient (Wildman–Crippen LogP) is -0.0573. The molecule has 1 aliphatic heterocycles. The van der Waals surface area contributed by atoms with Crippen molar-refractivity contribution in [1.82, 2.24) is 20.1 Å². The van der Waals surface area contributed by atoms with E-state index < -0.39 is 6.10 Å². The highest BCUT2D eigenvalue weighted by molar-refractivity contribution is 5.91. The van der Waals surface area contributed by atoms with Crippen LogP contribution in [0.2, 0.25) is 0 Å². The molecule has 0 radical (unpaired) electrons. The third-order valence-electron chi connectivity index (χ3n) is 4.82. The van der Waals surface area contributed by atoms with Crippen LogP contribution < -0.4 is 5.32 Å². The van der Waals surface area contributed by atoms with Gasteiger partial charge in [-0.3, -0.25) is 14.6 Å². The first-order chi connectivity index (χ1) is 13.1. The Kier molecular flexibility index (Phi) is 7.24. The monoisotopic (exact) mass is 376 g/mol. The summed E-state index contributed by atoms with van der Waals surface area (Å²) in [5.74, 6) is 3.42. The molecule has 2 fully saturated rings. The first-order valence-electron chi connectivity index (χ1n) is 9.50. The largest absolute Gasteiger partial charge is 0.447 e. The molecule has 27 heavy (non-hydrogen) atoms. The summed E-state index contributed by atoms with van der Waals surface area (Å²) >= 11 is 0. The SMILES string of the molecule is C#CCOCC(O)CN1CCN(Cc2nc(C(=O)NCC3CC3)co2)CC1. The summed E-state index contributed by atoms with van der Waals surface area (Å²) in [4.78, 5) is 20.8. The van der Waals surface area contributed by atoms with Crippen molar-refractivity contribution in [3.05, 3.63) is 17.8 Å². The third-order valence-corrected chi connectivity index (χ3v) is 4.82. The number of nitrogens with zero attached hydrogens (tertiary/aromatic N) is 3. The van der Waals surface area contributed by atoms with E-state index in [0.717, 1.165) is 32.7 Å². The van der Waals surface area contributed by atoms with E-state index in [1.807, 2.05) is 0 Å². The van der Waals surface area contributed by atoms with Crippen molar-refractivity contribution >= 4 is 5.91 Å². The van der Waals surface area contributed by atoms with Crippen LogP contribution in [-0.4, -0.2) is 84.4 Å². The van der Waals surface area contributed by atoms with Gasteiger partial charge in [0.25, 0.3) is 5.91 Å². The smallest absolute Gasteiger partial charge is 0.273 e. The Balaban J connectivity index is 1.35. The van der Waals surface area contributed by atoms with E-state index >= 15 is 0 Å². The highest BCUT2D eigenvalue weighted by atomic mass is 16.5. The first kappa shape index (κ1) is 19.8. The number of hydrogen-bond acceptors (Lipinski definition) is 7. The normalized spacial score (nSPS) is 19.6. The van der Waals surface area contributed by atoms with E-state index in [-0.39, 0.29) is 19.1 Å². The number of hydrogen-bond donors (Lipinski definition) is 2. The van der Waals surface area contributed by atoms with Crippen molar-refractivity contribution < 1.29 is 19.1 Å². The van der Waals surface area contributed by atoms with Gasteiger partial charge in [0.15, 0.2) is 5.69 Å². The zero-order chi connectivity index (χ0) is 19.1. The minimum absolute atomic E-state index is 0.164. The molecule has 2 aliphatic rings. The fourth-order valence-electron chi connectivity index (χ4n) is 3.06. The number of oxazole rings is 1. The third kappa shape index (κ3) is 6.63. The molecule has 2 N–H and O–H groups in total. The Hall–Kier alpha value is -1.92. The summed E-state index contributed by atoms with van der Waals surface area (Å²) in [7, 11) is 0. The van der Waals surface area contributed by atoms with Gasteiger partial charge in [-0.25, -0.2) is 4.98 Å². The number of carbonyl (C=O) groups is 1. The number of β-amino-alcohol motifs (C(OH)–C–C–N with tert-alkyl or cyclic N) is 1. The summed E-state index contributed by atoms with van der Waals surface area (Å²) in [6.45, 7) is 5.76. The number of nitrogens with one attached hydrogen (secondary N) is 1. The first-order valence-corrected chi connectivity index (χ1v) is 9.50. The summed E-state index contributed by atoms with van der Waals surface area (Å²) < 4.78 is 10.6. The minimum Gasteiger partial charge on any atom is -0.447 e. The lowest BCUT2D eigenvalue weighted by Crippen LogP contribution is -2.48. The quantitative estimate of drug-likeness (QED) is 0.437. The van der Waals surface area contributed by atoms with Crippen LogP contribution in [0.25, 0.3) is 0 Å². The number of carbonyl (C=O) groups excluding carboxylic acids is 1. The molecule has 1 aliphatic carbocycles. The van der Waals surface area contributed by atoms with Crippen LogP contribution >= 0.6 is 0 Å². The number of aromatic nitrogens is 1. The highest BCUT2D eigenvalue weighted by Crippen LogP contribution is 2.27. The number of rotatable bonds is 10. The van der Waals surface area contributed by atoms with Crippen LogP contribution in [0.4, 0.5) is 0 Å².